The number of hydrogen-bond donors (Lipinski definition) is 2. The van der Waals surface area contributed by atoms with Crippen molar-refractivity contribution in [2.24, 2.45) is 0 Å². The average Bonchev–Trinajstić information content (AvgIpc) is 2.96. The summed E-state index contributed by atoms with van der Waals surface area (Å²) in [6, 6.07) is 13.3. The van der Waals surface area contributed by atoms with Crippen molar-refractivity contribution in [1.29, 1.82) is 0 Å². The molecule has 0 bridgehead atoms. The minimum atomic E-state index is -1.21. The number of nitrogens with one attached hydrogen (secondary N) is 2. The summed E-state index contributed by atoms with van der Waals surface area (Å²) in [6.45, 7) is 3.37. The van der Waals surface area contributed by atoms with Crippen molar-refractivity contribution in [3.63, 3.8) is 0 Å². The summed E-state index contributed by atoms with van der Waals surface area (Å²) in [4.78, 5) is 49.9. The fourth-order valence-electron chi connectivity index (χ4n) is 3.20. The molecule has 156 valence electrons. The number of esters is 1. The molecule has 1 heterocycles. The summed E-state index contributed by atoms with van der Waals surface area (Å²) in [7, 11) is 1.30. The molecule has 4 amide bonds. The molecule has 0 unspecified atom stereocenters. The lowest BCUT2D eigenvalue weighted by molar-refractivity contribution is -0.134. The van der Waals surface area contributed by atoms with E-state index in [-0.39, 0.29) is 13.1 Å². The second kappa shape index (κ2) is 8.36. The first-order chi connectivity index (χ1) is 14.2. The highest BCUT2D eigenvalue weighted by Gasteiger charge is 2.49. The normalized spacial score (nSPS) is 18.2. The Labute approximate surface area is 174 Å². The van der Waals surface area contributed by atoms with Crippen molar-refractivity contribution in [1.82, 2.24) is 15.5 Å². The second-order valence-electron chi connectivity index (χ2n) is 7.28. The molecule has 1 aliphatic heterocycles. The van der Waals surface area contributed by atoms with Crippen LogP contribution in [0.25, 0.3) is 0 Å². The lowest BCUT2D eigenvalue weighted by atomic mass is 9.91. The third-order valence-electron chi connectivity index (χ3n) is 5.07. The van der Waals surface area contributed by atoms with Crippen LogP contribution in [0.4, 0.5) is 4.79 Å². The summed E-state index contributed by atoms with van der Waals surface area (Å²) in [6.07, 6.45) is 0. The van der Waals surface area contributed by atoms with Crippen molar-refractivity contribution in [3.8, 4) is 0 Å². The van der Waals surface area contributed by atoms with E-state index >= 15 is 0 Å². The largest absolute Gasteiger partial charge is 0.465 e. The van der Waals surface area contributed by atoms with Crippen LogP contribution >= 0.6 is 0 Å². The summed E-state index contributed by atoms with van der Waals surface area (Å²) >= 11 is 0. The predicted octanol–water partition coefficient (Wildman–Crippen LogP) is 1.87. The van der Waals surface area contributed by atoms with E-state index in [0.717, 1.165) is 16.0 Å². The van der Waals surface area contributed by atoms with Crippen LogP contribution in [-0.2, 0) is 26.4 Å². The van der Waals surface area contributed by atoms with Crippen LogP contribution in [0.5, 0.6) is 0 Å². The van der Waals surface area contributed by atoms with E-state index in [1.165, 1.54) is 7.11 Å². The molecule has 1 aliphatic rings. The maximum absolute atomic E-state index is 12.9. The minimum Gasteiger partial charge on any atom is -0.465 e. The van der Waals surface area contributed by atoms with Crippen LogP contribution in [0, 0.1) is 6.92 Å². The minimum absolute atomic E-state index is 0.194. The SMILES string of the molecule is COC(=O)c1ccc(CNC(=O)CN2C(=O)N[C@@](C)(c3ccc(C)cc3)C2=O)cc1. The zero-order valence-electron chi connectivity index (χ0n) is 17.0. The number of ether oxygens (including phenoxy) is 1. The third kappa shape index (κ3) is 4.17. The van der Waals surface area contributed by atoms with Crippen LogP contribution in [0.3, 0.4) is 0 Å². The summed E-state index contributed by atoms with van der Waals surface area (Å²) in [5, 5.41) is 5.36. The van der Waals surface area contributed by atoms with Gasteiger partial charge in [0.05, 0.1) is 12.7 Å². The van der Waals surface area contributed by atoms with Gasteiger partial charge in [0.1, 0.15) is 12.1 Å². The zero-order valence-corrected chi connectivity index (χ0v) is 17.0. The number of imide groups is 1. The molecule has 30 heavy (non-hydrogen) atoms. The predicted molar refractivity (Wildman–Crippen MR) is 108 cm³/mol. The second-order valence-corrected chi connectivity index (χ2v) is 7.28. The first-order valence-corrected chi connectivity index (χ1v) is 9.40. The number of amides is 4. The van der Waals surface area contributed by atoms with Crippen LogP contribution in [0.1, 0.15) is 34.0 Å². The summed E-state index contributed by atoms with van der Waals surface area (Å²) < 4.78 is 4.64. The number of urea groups is 1. The van der Waals surface area contributed by atoms with Crippen LogP contribution < -0.4 is 10.6 Å². The Morgan fingerprint density at radius 1 is 1.07 bits per heavy atom. The van der Waals surface area contributed by atoms with Crippen molar-refractivity contribution in [2.45, 2.75) is 25.9 Å². The molecular weight excluding hydrogens is 386 g/mol. The standard InChI is InChI=1S/C22H23N3O5/c1-14-4-10-17(11-5-14)22(2)20(28)25(21(29)24-22)13-18(26)23-12-15-6-8-16(9-7-15)19(27)30-3/h4-11H,12-13H2,1-3H3,(H,23,26)(H,24,29)/t22-/m0/s1. The van der Waals surface area contributed by atoms with E-state index in [2.05, 4.69) is 15.4 Å². The number of rotatable bonds is 6. The van der Waals surface area contributed by atoms with Gasteiger partial charge in [-0.15, -0.1) is 0 Å². The van der Waals surface area contributed by atoms with Crippen LogP contribution in [0.15, 0.2) is 48.5 Å². The van der Waals surface area contributed by atoms with E-state index in [1.807, 2.05) is 19.1 Å². The van der Waals surface area contributed by atoms with Gasteiger partial charge in [-0.05, 0) is 37.1 Å². The molecule has 1 atom stereocenters. The first-order valence-electron chi connectivity index (χ1n) is 9.40. The molecular formula is C22H23N3O5. The molecule has 3 rings (SSSR count). The number of aryl methyl sites for hydroxylation is 1. The van der Waals surface area contributed by atoms with E-state index in [0.29, 0.717) is 11.1 Å². The van der Waals surface area contributed by atoms with Gasteiger partial charge in [0.15, 0.2) is 0 Å². The Morgan fingerprint density at radius 3 is 2.30 bits per heavy atom. The molecule has 0 aliphatic carbocycles. The molecule has 0 saturated carbocycles. The molecule has 2 aromatic rings. The molecule has 1 saturated heterocycles. The van der Waals surface area contributed by atoms with E-state index in [4.69, 9.17) is 0 Å². The quantitative estimate of drug-likeness (QED) is 0.560. The van der Waals surface area contributed by atoms with Crippen molar-refractivity contribution < 1.29 is 23.9 Å². The van der Waals surface area contributed by atoms with E-state index in [9.17, 15) is 19.2 Å². The third-order valence-corrected chi connectivity index (χ3v) is 5.07. The average molecular weight is 409 g/mol. The first kappa shape index (κ1) is 21.0. The fraction of sp³-hybridized carbons (Fsp3) is 0.273. The van der Waals surface area contributed by atoms with Crippen molar-refractivity contribution >= 4 is 23.8 Å². The van der Waals surface area contributed by atoms with Crippen LogP contribution in [0.2, 0.25) is 0 Å². The van der Waals surface area contributed by atoms with Gasteiger partial charge in [-0.2, -0.15) is 0 Å². The maximum atomic E-state index is 12.9. The molecule has 2 N–H and O–H groups in total. The van der Waals surface area contributed by atoms with Gasteiger partial charge in [-0.3, -0.25) is 14.5 Å². The molecule has 0 aromatic heterocycles. The number of nitrogens with zero attached hydrogens (tertiary/aromatic N) is 1. The highest BCUT2D eigenvalue weighted by Crippen LogP contribution is 2.28. The highest BCUT2D eigenvalue weighted by atomic mass is 16.5. The topological polar surface area (TPSA) is 105 Å². The van der Waals surface area contributed by atoms with Crippen molar-refractivity contribution in [3.05, 3.63) is 70.8 Å². The van der Waals surface area contributed by atoms with E-state index < -0.39 is 29.4 Å². The number of carbonyl (C=O) groups excluding carboxylic acids is 4. The summed E-state index contributed by atoms with van der Waals surface area (Å²) in [5.74, 6) is -1.39. The smallest absolute Gasteiger partial charge is 0.337 e. The molecule has 0 radical (unpaired) electrons. The summed E-state index contributed by atoms with van der Waals surface area (Å²) in [5.41, 5.74) is 1.64. The molecule has 8 heteroatoms. The Kier molecular flexibility index (Phi) is 5.86. The Hall–Kier alpha value is -3.68. The van der Waals surface area contributed by atoms with Gasteiger partial charge < -0.3 is 15.4 Å². The Bertz CT molecular complexity index is 985. The Balaban J connectivity index is 1.61. The van der Waals surface area contributed by atoms with Gasteiger partial charge >= 0.3 is 12.0 Å². The number of benzene rings is 2. The van der Waals surface area contributed by atoms with Gasteiger partial charge in [0.25, 0.3) is 5.91 Å². The van der Waals surface area contributed by atoms with Crippen molar-refractivity contribution in [2.75, 3.05) is 13.7 Å². The van der Waals surface area contributed by atoms with Gasteiger partial charge in [-0.1, -0.05) is 42.0 Å². The molecule has 0 spiro atoms. The van der Waals surface area contributed by atoms with E-state index in [1.54, 1.807) is 43.3 Å². The molecule has 2 aromatic carbocycles. The van der Waals surface area contributed by atoms with Crippen LogP contribution in [-0.4, -0.2) is 42.4 Å². The lowest BCUT2D eigenvalue weighted by Crippen LogP contribution is -2.43. The number of carbonyl (C=O) groups is 4. The Morgan fingerprint density at radius 2 is 1.70 bits per heavy atom. The zero-order chi connectivity index (χ0) is 21.9. The maximum Gasteiger partial charge on any atom is 0.337 e. The van der Waals surface area contributed by atoms with Gasteiger partial charge in [0, 0.05) is 6.54 Å². The molecule has 1 fully saturated rings. The number of methoxy groups -OCH3 is 1. The fourth-order valence-corrected chi connectivity index (χ4v) is 3.20. The molecule has 8 nitrogen and oxygen atoms in total. The van der Waals surface area contributed by atoms with Gasteiger partial charge in [0.2, 0.25) is 5.91 Å². The highest BCUT2D eigenvalue weighted by molar-refractivity contribution is 6.09. The monoisotopic (exact) mass is 409 g/mol. The lowest BCUT2D eigenvalue weighted by Gasteiger charge is -2.22. The number of hydrogen-bond acceptors (Lipinski definition) is 5. The van der Waals surface area contributed by atoms with Gasteiger partial charge in [-0.25, -0.2) is 9.59 Å².